The molecule has 2 fully saturated rings. The first-order chi connectivity index (χ1) is 8.36. The molecular formula is C14H19NO2. The summed E-state index contributed by atoms with van der Waals surface area (Å²) in [6.45, 7) is 4.54. The standard InChI is InChI=1S/C14H19NO2/c1-2-5-13(6-3-1)11-15-8-4-7-14(12-15)16-9-10-17-14/h1-3,5-6H,4,7-12H2. The second-order valence-electron chi connectivity index (χ2n) is 4.91. The maximum atomic E-state index is 5.79. The molecule has 2 heterocycles. The topological polar surface area (TPSA) is 21.7 Å². The molecule has 1 aromatic rings. The number of piperidine rings is 1. The SMILES string of the molecule is c1ccc(CN2CCCC3(C2)OCCO3)cc1. The molecule has 0 aliphatic carbocycles. The fraction of sp³-hybridized carbons (Fsp3) is 0.571. The number of ether oxygens (including phenoxy) is 2. The first-order valence-corrected chi connectivity index (χ1v) is 6.41. The summed E-state index contributed by atoms with van der Waals surface area (Å²) in [4.78, 5) is 2.43. The molecule has 2 aliphatic heterocycles. The zero-order valence-electron chi connectivity index (χ0n) is 10.1. The number of benzene rings is 1. The third-order valence-corrected chi connectivity index (χ3v) is 3.56. The van der Waals surface area contributed by atoms with Gasteiger partial charge in [-0.15, -0.1) is 0 Å². The molecule has 0 atom stereocenters. The molecule has 0 aromatic heterocycles. The quantitative estimate of drug-likeness (QED) is 0.780. The van der Waals surface area contributed by atoms with Crippen LogP contribution in [0.4, 0.5) is 0 Å². The molecule has 0 unspecified atom stereocenters. The van der Waals surface area contributed by atoms with Crippen molar-refractivity contribution in [2.24, 2.45) is 0 Å². The van der Waals surface area contributed by atoms with Crippen LogP contribution in [-0.4, -0.2) is 37.0 Å². The van der Waals surface area contributed by atoms with Gasteiger partial charge in [-0.3, -0.25) is 4.90 Å². The summed E-state index contributed by atoms with van der Waals surface area (Å²) < 4.78 is 11.6. The van der Waals surface area contributed by atoms with Crippen molar-refractivity contribution in [1.29, 1.82) is 0 Å². The normalized spacial score (nSPS) is 24.2. The maximum Gasteiger partial charge on any atom is 0.181 e. The van der Waals surface area contributed by atoms with E-state index < -0.39 is 0 Å². The summed E-state index contributed by atoms with van der Waals surface area (Å²) in [5, 5.41) is 0. The Hall–Kier alpha value is -0.900. The Morgan fingerprint density at radius 2 is 1.88 bits per heavy atom. The Morgan fingerprint density at radius 3 is 2.65 bits per heavy atom. The van der Waals surface area contributed by atoms with Crippen LogP contribution in [-0.2, 0) is 16.0 Å². The van der Waals surface area contributed by atoms with E-state index in [0.29, 0.717) is 0 Å². The lowest BCUT2D eigenvalue weighted by Gasteiger charge is -2.38. The molecule has 3 rings (SSSR count). The van der Waals surface area contributed by atoms with E-state index in [1.165, 1.54) is 5.56 Å². The first-order valence-electron chi connectivity index (χ1n) is 6.41. The zero-order chi connectivity index (χ0) is 11.6. The predicted molar refractivity (Wildman–Crippen MR) is 65.6 cm³/mol. The van der Waals surface area contributed by atoms with Crippen molar-refractivity contribution in [1.82, 2.24) is 4.90 Å². The second kappa shape index (κ2) is 4.77. The molecule has 0 amide bonds. The van der Waals surface area contributed by atoms with Crippen molar-refractivity contribution in [3.05, 3.63) is 35.9 Å². The molecule has 1 aromatic carbocycles. The fourth-order valence-electron chi connectivity index (χ4n) is 2.78. The van der Waals surface area contributed by atoms with Crippen LogP contribution < -0.4 is 0 Å². The van der Waals surface area contributed by atoms with Crippen LogP contribution in [0.25, 0.3) is 0 Å². The van der Waals surface area contributed by atoms with E-state index in [0.717, 1.165) is 45.7 Å². The molecule has 2 saturated heterocycles. The second-order valence-corrected chi connectivity index (χ2v) is 4.91. The highest BCUT2D eigenvalue weighted by atomic mass is 16.7. The van der Waals surface area contributed by atoms with E-state index in [1.54, 1.807) is 0 Å². The van der Waals surface area contributed by atoms with Gasteiger partial charge in [-0.25, -0.2) is 0 Å². The molecule has 3 heteroatoms. The van der Waals surface area contributed by atoms with Crippen LogP contribution in [0.5, 0.6) is 0 Å². The molecule has 0 radical (unpaired) electrons. The fourth-order valence-corrected chi connectivity index (χ4v) is 2.78. The van der Waals surface area contributed by atoms with Crippen molar-refractivity contribution in [2.75, 3.05) is 26.3 Å². The van der Waals surface area contributed by atoms with E-state index in [4.69, 9.17) is 9.47 Å². The minimum Gasteiger partial charge on any atom is -0.346 e. The van der Waals surface area contributed by atoms with Crippen molar-refractivity contribution in [3.8, 4) is 0 Å². The average Bonchev–Trinajstić information content (AvgIpc) is 2.79. The van der Waals surface area contributed by atoms with Crippen molar-refractivity contribution < 1.29 is 9.47 Å². The molecule has 0 N–H and O–H groups in total. The lowest BCUT2D eigenvalue weighted by atomic mass is 10.0. The van der Waals surface area contributed by atoms with Crippen LogP contribution in [0.15, 0.2) is 30.3 Å². The van der Waals surface area contributed by atoms with Gasteiger partial charge in [0.05, 0.1) is 19.8 Å². The summed E-state index contributed by atoms with van der Waals surface area (Å²) in [5.74, 6) is -0.299. The largest absolute Gasteiger partial charge is 0.346 e. The lowest BCUT2D eigenvalue weighted by molar-refractivity contribution is -0.190. The van der Waals surface area contributed by atoms with Gasteiger partial charge in [0, 0.05) is 13.0 Å². The van der Waals surface area contributed by atoms with Crippen LogP contribution >= 0.6 is 0 Å². The van der Waals surface area contributed by atoms with E-state index in [1.807, 2.05) is 0 Å². The van der Waals surface area contributed by atoms with Gasteiger partial charge in [-0.1, -0.05) is 30.3 Å². The maximum absolute atomic E-state index is 5.79. The number of likely N-dealkylation sites (tertiary alicyclic amines) is 1. The summed E-state index contributed by atoms with van der Waals surface area (Å²) in [6, 6.07) is 10.6. The summed E-state index contributed by atoms with van der Waals surface area (Å²) in [6.07, 6.45) is 2.20. The predicted octanol–water partition coefficient (Wildman–Crippen LogP) is 2.03. The molecule has 3 nitrogen and oxygen atoms in total. The Bertz CT molecular complexity index is 360. The van der Waals surface area contributed by atoms with Crippen molar-refractivity contribution in [3.63, 3.8) is 0 Å². The Kier molecular flexibility index (Phi) is 3.14. The van der Waals surface area contributed by atoms with Crippen molar-refractivity contribution in [2.45, 2.75) is 25.2 Å². The van der Waals surface area contributed by atoms with Gasteiger partial charge in [0.1, 0.15) is 0 Å². The molecule has 0 bridgehead atoms. The molecule has 92 valence electrons. The molecule has 0 saturated carbocycles. The Labute approximate surface area is 102 Å². The summed E-state index contributed by atoms with van der Waals surface area (Å²) in [5.41, 5.74) is 1.36. The van der Waals surface area contributed by atoms with Gasteiger partial charge in [0.15, 0.2) is 5.79 Å². The molecule has 1 spiro atoms. The number of rotatable bonds is 2. The van der Waals surface area contributed by atoms with Crippen LogP contribution in [0.1, 0.15) is 18.4 Å². The van der Waals surface area contributed by atoms with Gasteiger partial charge in [-0.05, 0) is 18.5 Å². The van der Waals surface area contributed by atoms with E-state index >= 15 is 0 Å². The highest BCUT2D eigenvalue weighted by Gasteiger charge is 2.40. The first kappa shape index (κ1) is 11.2. The smallest absolute Gasteiger partial charge is 0.181 e. The number of nitrogens with zero attached hydrogens (tertiary/aromatic N) is 1. The summed E-state index contributed by atoms with van der Waals surface area (Å²) >= 11 is 0. The van der Waals surface area contributed by atoms with Crippen LogP contribution in [0, 0.1) is 0 Å². The molecule has 17 heavy (non-hydrogen) atoms. The third kappa shape index (κ3) is 2.51. The highest BCUT2D eigenvalue weighted by molar-refractivity contribution is 5.14. The Balaban J connectivity index is 1.64. The summed E-state index contributed by atoms with van der Waals surface area (Å²) in [7, 11) is 0. The number of hydrogen-bond donors (Lipinski definition) is 0. The minimum absolute atomic E-state index is 0.299. The average molecular weight is 233 g/mol. The van der Waals surface area contributed by atoms with Crippen LogP contribution in [0.3, 0.4) is 0 Å². The van der Waals surface area contributed by atoms with E-state index in [9.17, 15) is 0 Å². The van der Waals surface area contributed by atoms with Crippen molar-refractivity contribution >= 4 is 0 Å². The van der Waals surface area contributed by atoms with Crippen LogP contribution in [0.2, 0.25) is 0 Å². The van der Waals surface area contributed by atoms with Gasteiger partial charge < -0.3 is 9.47 Å². The molecular weight excluding hydrogens is 214 g/mol. The van der Waals surface area contributed by atoms with E-state index in [2.05, 4.69) is 35.2 Å². The Morgan fingerprint density at radius 1 is 1.12 bits per heavy atom. The molecule has 2 aliphatic rings. The monoisotopic (exact) mass is 233 g/mol. The van der Waals surface area contributed by atoms with Gasteiger partial charge >= 0.3 is 0 Å². The van der Waals surface area contributed by atoms with Gasteiger partial charge in [-0.2, -0.15) is 0 Å². The zero-order valence-corrected chi connectivity index (χ0v) is 10.1. The lowest BCUT2D eigenvalue weighted by Crippen LogP contribution is -2.48. The van der Waals surface area contributed by atoms with Gasteiger partial charge in [0.2, 0.25) is 0 Å². The number of hydrogen-bond acceptors (Lipinski definition) is 3. The minimum atomic E-state index is -0.299. The highest BCUT2D eigenvalue weighted by Crippen LogP contribution is 2.30. The van der Waals surface area contributed by atoms with E-state index in [-0.39, 0.29) is 5.79 Å². The van der Waals surface area contributed by atoms with Gasteiger partial charge in [0.25, 0.3) is 0 Å². The third-order valence-electron chi connectivity index (χ3n) is 3.56.